The van der Waals surface area contributed by atoms with Crippen LogP contribution in [-0.2, 0) is 4.74 Å². The number of ether oxygens (including phenoxy) is 1. The molecule has 2 aliphatic heterocycles. The number of nitrogens with one attached hydrogen (secondary N) is 1. The zero-order valence-electron chi connectivity index (χ0n) is 14.4. The van der Waals surface area contributed by atoms with Crippen LogP contribution in [0.4, 0.5) is 4.79 Å². The molecule has 1 aromatic rings. The minimum atomic E-state index is -0.0876. The lowest BCUT2D eigenvalue weighted by Gasteiger charge is -2.37. The molecule has 1 aromatic heterocycles. The molecule has 3 rings (SSSR count). The van der Waals surface area contributed by atoms with Crippen LogP contribution in [0.25, 0.3) is 0 Å². The third-order valence-electron chi connectivity index (χ3n) is 4.59. The molecule has 136 valence electrons. The first kappa shape index (κ1) is 18.0. The molecule has 3 amide bonds. The molecule has 2 saturated heterocycles. The van der Waals surface area contributed by atoms with Crippen molar-refractivity contribution >= 4 is 23.7 Å². The highest BCUT2D eigenvalue weighted by atomic mass is 32.2. The molecule has 0 aromatic carbocycles. The Morgan fingerprint density at radius 2 is 1.88 bits per heavy atom. The number of amides is 3. The third kappa shape index (κ3) is 4.43. The van der Waals surface area contributed by atoms with E-state index in [1.807, 2.05) is 16.1 Å². The van der Waals surface area contributed by atoms with Crippen LogP contribution in [0, 0.1) is 0 Å². The van der Waals surface area contributed by atoms with Crippen LogP contribution >= 0.6 is 11.8 Å². The van der Waals surface area contributed by atoms with E-state index in [1.54, 1.807) is 18.3 Å². The first-order valence-electron chi connectivity index (χ1n) is 8.60. The van der Waals surface area contributed by atoms with Gasteiger partial charge in [-0.1, -0.05) is 0 Å². The Bertz CT molecular complexity index is 614. The zero-order chi connectivity index (χ0) is 17.6. The summed E-state index contributed by atoms with van der Waals surface area (Å²) in [7, 11) is 0. The number of urea groups is 1. The molecule has 1 N–H and O–H groups in total. The van der Waals surface area contributed by atoms with Crippen molar-refractivity contribution in [2.24, 2.45) is 0 Å². The normalized spacial score (nSPS) is 18.9. The molecule has 0 saturated carbocycles. The summed E-state index contributed by atoms with van der Waals surface area (Å²) in [5.74, 6) is -0.0876. The van der Waals surface area contributed by atoms with Gasteiger partial charge < -0.3 is 19.9 Å². The van der Waals surface area contributed by atoms with Crippen molar-refractivity contribution < 1.29 is 14.3 Å². The first-order chi connectivity index (χ1) is 12.2. The summed E-state index contributed by atoms with van der Waals surface area (Å²) in [5, 5.41) is 3.82. The van der Waals surface area contributed by atoms with E-state index in [9.17, 15) is 9.59 Å². The summed E-state index contributed by atoms with van der Waals surface area (Å²) < 4.78 is 5.29. The van der Waals surface area contributed by atoms with E-state index in [1.165, 1.54) is 11.8 Å². The third-order valence-corrected chi connectivity index (χ3v) is 5.30. The van der Waals surface area contributed by atoms with Crippen LogP contribution in [0.2, 0.25) is 0 Å². The SMILES string of the molecule is CSc1ncccc1C(=O)NC1CCN(C(=O)N2CCOCC2)CC1. The molecule has 0 aliphatic carbocycles. The number of piperidine rings is 1. The van der Waals surface area contributed by atoms with Gasteiger partial charge in [-0.2, -0.15) is 0 Å². The second-order valence-electron chi connectivity index (χ2n) is 6.18. The minimum Gasteiger partial charge on any atom is -0.378 e. The largest absolute Gasteiger partial charge is 0.378 e. The summed E-state index contributed by atoms with van der Waals surface area (Å²) in [4.78, 5) is 32.9. The van der Waals surface area contributed by atoms with E-state index in [0.717, 1.165) is 17.9 Å². The molecule has 2 fully saturated rings. The van der Waals surface area contributed by atoms with Crippen LogP contribution in [0.1, 0.15) is 23.2 Å². The van der Waals surface area contributed by atoms with Crippen molar-refractivity contribution in [2.45, 2.75) is 23.9 Å². The quantitative estimate of drug-likeness (QED) is 0.822. The molecule has 0 spiro atoms. The lowest BCUT2D eigenvalue weighted by Crippen LogP contribution is -2.52. The van der Waals surface area contributed by atoms with Gasteiger partial charge in [-0.3, -0.25) is 4.79 Å². The van der Waals surface area contributed by atoms with Crippen molar-refractivity contribution in [2.75, 3.05) is 45.6 Å². The monoisotopic (exact) mass is 364 g/mol. The maximum absolute atomic E-state index is 12.5. The molecule has 0 unspecified atom stereocenters. The van der Waals surface area contributed by atoms with Gasteiger partial charge in [-0.25, -0.2) is 9.78 Å². The van der Waals surface area contributed by atoms with Crippen molar-refractivity contribution in [3.8, 4) is 0 Å². The molecule has 7 nitrogen and oxygen atoms in total. The molecule has 2 aliphatic rings. The average molecular weight is 364 g/mol. The van der Waals surface area contributed by atoms with Gasteiger partial charge in [0, 0.05) is 38.4 Å². The van der Waals surface area contributed by atoms with Crippen molar-refractivity contribution in [3.63, 3.8) is 0 Å². The van der Waals surface area contributed by atoms with E-state index in [4.69, 9.17) is 4.74 Å². The smallest absolute Gasteiger partial charge is 0.320 e. The van der Waals surface area contributed by atoms with E-state index < -0.39 is 0 Å². The van der Waals surface area contributed by atoms with Crippen LogP contribution in [0.15, 0.2) is 23.4 Å². The second kappa shape index (κ2) is 8.53. The van der Waals surface area contributed by atoms with Gasteiger partial charge in [0.05, 0.1) is 18.8 Å². The van der Waals surface area contributed by atoms with E-state index in [0.29, 0.717) is 45.0 Å². The summed E-state index contributed by atoms with van der Waals surface area (Å²) >= 11 is 1.47. The van der Waals surface area contributed by atoms with Gasteiger partial charge in [0.2, 0.25) is 0 Å². The predicted octanol–water partition coefficient (Wildman–Crippen LogP) is 1.45. The number of likely N-dealkylation sites (tertiary alicyclic amines) is 1. The highest BCUT2D eigenvalue weighted by Gasteiger charge is 2.28. The fourth-order valence-electron chi connectivity index (χ4n) is 3.16. The summed E-state index contributed by atoms with van der Waals surface area (Å²) in [6.07, 6.45) is 5.15. The van der Waals surface area contributed by atoms with Crippen molar-refractivity contribution in [1.29, 1.82) is 0 Å². The maximum atomic E-state index is 12.5. The zero-order valence-corrected chi connectivity index (χ0v) is 15.3. The molecule has 0 bridgehead atoms. The predicted molar refractivity (Wildman–Crippen MR) is 95.9 cm³/mol. The topological polar surface area (TPSA) is 74.8 Å². The number of carbonyl (C=O) groups is 2. The van der Waals surface area contributed by atoms with E-state index >= 15 is 0 Å². The number of carbonyl (C=O) groups excluding carboxylic acids is 2. The average Bonchev–Trinajstić information content (AvgIpc) is 2.68. The van der Waals surface area contributed by atoms with Crippen LogP contribution in [-0.4, -0.2) is 78.4 Å². The Labute approximate surface area is 152 Å². The minimum absolute atomic E-state index is 0.0876. The molecule has 25 heavy (non-hydrogen) atoms. The number of aromatic nitrogens is 1. The van der Waals surface area contributed by atoms with Gasteiger partial charge >= 0.3 is 6.03 Å². The van der Waals surface area contributed by atoms with E-state index in [-0.39, 0.29) is 18.0 Å². The number of hydrogen-bond acceptors (Lipinski definition) is 5. The maximum Gasteiger partial charge on any atom is 0.320 e. The number of thioether (sulfide) groups is 1. The molecular weight excluding hydrogens is 340 g/mol. The van der Waals surface area contributed by atoms with Gasteiger partial charge in [0.25, 0.3) is 5.91 Å². The van der Waals surface area contributed by atoms with Crippen molar-refractivity contribution in [1.82, 2.24) is 20.1 Å². The van der Waals surface area contributed by atoms with Gasteiger partial charge in [-0.15, -0.1) is 11.8 Å². The molecule has 8 heteroatoms. The summed E-state index contributed by atoms with van der Waals surface area (Å²) in [5.41, 5.74) is 0.613. The number of morpholine rings is 1. The van der Waals surface area contributed by atoms with Crippen LogP contribution in [0.3, 0.4) is 0 Å². The molecular formula is C17H24N4O3S. The number of rotatable bonds is 3. The van der Waals surface area contributed by atoms with Crippen LogP contribution in [0.5, 0.6) is 0 Å². The van der Waals surface area contributed by atoms with Crippen molar-refractivity contribution in [3.05, 3.63) is 23.9 Å². The molecule has 3 heterocycles. The summed E-state index contributed by atoms with van der Waals surface area (Å²) in [6.45, 7) is 3.89. The first-order valence-corrected chi connectivity index (χ1v) is 9.83. The Kier molecular flexibility index (Phi) is 6.14. The standard InChI is InChI=1S/C17H24N4O3S/c1-25-16-14(3-2-6-18-16)15(22)19-13-4-7-20(8-5-13)17(23)21-9-11-24-12-10-21/h2-3,6,13H,4-5,7-12H2,1H3,(H,19,22). The lowest BCUT2D eigenvalue weighted by atomic mass is 10.0. The lowest BCUT2D eigenvalue weighted by molar-refractivity contribution is 0.0407. The fourth-order valence-corrected chi connectivity index (χ4v) is 3.71. The Hall–Kier alpha value is -1.80. The van der Waals surface area contributed by atoms with Gasteiger partial charge in [-0.05, 0) is 31.2 Å². The molecule has 0 radical (unpaired) electrons. The van der Waals surface area contributed by atoms with E-state index in [2.05, 4.69) is 10.3 Å². The Morgan fingerprint density at radius 3 is 2.56 bits per heavy atom. The Morgan fingerprint density at radius 1 is 1.20 bits per heavy atom. The summed E-state index contributed by atoms with van der Waals surface area (Å²) in [6, 6.07) is 3.75. The van der Waals surface area contributed by atoms with Gasteiger partial charge in [0.15, 0.2) is 0 Å². The van der Waals surface area contributed by atoms with Crippen LogP contribution < -0.4 is 5.32 Å². The second-order valence-corrected chi connectivity index (χ2v) is 6.97. The number of pyridine rings is 1. The van der Waals surface area contributed by atoms with Gasteiger partial charge in [0.1, 0.15) is 5.03 Å². The highest BCUT2D eigenvalue weighted by molar-refractivity contribution is 7.98. The number of nitrogens with zero attached hydrogens (tertiary/aromatic N) is 3. The fraction of sp³-hybridized carbons (Fsp3) is 0.588. The number of hydrogen-bond donors (Lipinski definition) is 1. The Balaban J connectivity index is 1.50. The molecule has 0 atom stereocenters. The highest BCUT2D eigenvalue weighted by Crippen LogP contribution is 2.18.